The molecule has 2 aliphatic heterocycles. The van der Waals surface area contributed by atoms with Gasteiger partial charge in [0.1, 0.15) is 5.41 Å². The fourth-order valence-electron chi connectivity index (χ4n) is 4.21. The first-order valence-corrected chi connectivity index (χ1v) is 9.86. The Morgan fingerprint density at radius 3 is 2.41 bits per heavy atom. The second-order valence-electron chi connectivity index (χ2n) is 8.19. The molecule has 2 saturated heterocycles. The first-order valence-electron chi connectivity index (χ1n) is 9.86. The van der Waals surface area contributed by atoms with E-state index in [9.17, 15) is 19.8 Å². The van der Waals surface area contributed by atoms with Gasteiger partial charge in [-0.05, 0) is 50.3 Å². The Labute approximate surface area is 160 Å². The van der Waals surface area contributed by atoms with Crippen LogP contribution in [0.5, 0.6) is 0 Å². The molecule has 2 atom stereocenters. The zero-order valence-electron chi connectivity index (χ0n) is 16.0. The average molecular weight is 374 g/mol. The van der Waals surface area contributed by atoms with Crippen LogP contribution in [-0.4, -0.2) is 70.7 Å². The van der Waals surface area contributed by atoms with E-state index < -0.39 is 17.5 Å². The highest BCUT2D eigenvalue weighted by Gasteiger charge is 2.49. The van der Waals surface area contributed by atoms with Crippen molar-refractivity contribution in [1.82, 2.24) is 9.80 Å². The predicted molar refractivity (Wildman–Crippen MR) is 102 cm³/mol. The van der Waals surface area contributed by atoms with Crippen LogP contribution in [0.1, 0.15) is 31.7 Å². The predicted octanol–water partition coefficient (Wildman–Crippen LogP) is 1.63. The zero-order valence-corrected chi connectivity index (χ0v) is 16.0. The van der Waals surface area contributed by atoms with E-state index in [4.69, 9.17) is 0 Å². The van der Waals surface area contributed by atoms with Crippen LogP contribution in [0.15, 0.2) is 30.3 Å². The van der Waals surface area contributed by atoms with Gasteiger partial charge in [-0.2, -0.15) is 0 Å². The van der Waals surface area contributed by atoms with Crippen molar-refractivity contribution < 1.29 is 19.8 Å². The summed E-state index contributed by atoms with van der Waals surface area (Å²) in [5.74, 6) is -0.291. The van der Waals surface area contributed by atoms with Crippen molar-refractivity contribution in [2.45, 2.75) is 38.7 Å². The molecule has 148 valence electrons. The Morgan fingerprint density at radius 1 is 1.15 bits per heavy atom. The number of likely N-dealkylation sites (tertiary alicyclic amines) is 2. The van der Waals surface area contributed by atoms with E-state index in [1.807, 2.05) is 30.3 Å². The second kappa shape index (κ2) is 8.40. The number of hydrogen-bond donors (Lipinski definition) is 2. The number of β-amino-alcohol motifs (C(OH)–C–C–N with tert-alkyl or cyclic N) is 1. The summed E-state index contributed by atoms with van der Waals surface area (Å²) in [4.78, 5) is 28.5. The van der Waals surface area contributed by atoms with Gasteiger partial charge in [0.2, 0.25) is 5.91 Å². The number of carboxylic acid groups (broad SMARTS) is 1. The summed E-state index contributed by atoms with van der Waals surface area (Å²) in [7, 11) is 0. The molecule has 0 saturated carbocycles. The van der Waals surface area contributed by atoms with Gasteiger partial charge in [0.05, 0.1) is 12.6 Å². The van der Waals surface area contributed by atoms with Gasteiger partial charge in [-0.1, -0.05) is 37.3 Å². The molecule has 0 aromatic heterocycles. The van der Waals surface area contributed by atoms with Crippen LogP contribution in [0.25, 0.3) is 0 Å². The van der Waals surface area contributed by atoms with E-state index in [0.717, 1.165) is 31.5 Å². The summed E-state index contributed by atoms with van der Waals surface area (Å²) in [5, 5.41) is 20.6. The minimum absolute atomic E-state index is 0.0118. The van der Waals surface area contributed by atoms with Gasteiger partial charge in [0.15, 0.2) is 0 Å². The maximum absolute atomic E-state index is 12.7. The number of hydrogen-bond acceptors (Lipinski definition) is 4. The monoisotopic (exact) mass is 374 g/mol. The van der Waals surface area contributed by atoms with Crippen molar-refractivity contribution in [2.24, 2.45) is 11.3 Å². The standard InChI is InChI=1S/C21H30N2O4/c1-16-7-10-22(11-8-16)15-19(25)23-12-9-21(20(26)27,18(24)14-23)13-17-5-3-2-4-6-17/h2-6,16,18,24H,7-15H2,1H3,(H,26,27)/t18-,21+/m0/s1. The molecule has 6 heteroatoms. The van der Waals surface area contributed by atoms with Crippen LogP contribution in [0, 0.1) is 11.3 Å². The smallest absolute Gasteiger partial charge is 0.312 e. The van der Waals surface area contributed by atoms with Crippen LogP contribution < -0.4 is 0 Å². The zero-order chi connectivity index (χ0) is 19.4. The molecule has 0 unspecified atom stereocenters. The van der Waals surface area contributed by atoms with Crippen molar-refractivity contribution in [1.29, 1.82) is 0 Å². The topological polar surface area (TPSA) is 81.1 Å². The minimum Gasteiger partial charge on any atom is -0.481 e. The molecular formula is C21H30N2O4. The van der Waals surface area contributed by atoms with E-state index in [-0.39, 0.29) is 25.3 Å². The number of nitrogens with zero attached hydrogens (tertiary/aromatic N) is 2. The lowest BCUT2D eigenvalue weighted by atomic mass is 9.71. The molecule has 6 nitrogen and oxygen atoms in total. The van der Waals surface area contributed by atoms with Crippen LogP contribution in [0.3, 0.4) is 0 Å². The molecule has 3 rings (SSSR count). The quantitative estimate of drug-likeness (QED) is 0.819. The number of piperidine rings is 2. The highest BCUT2D eigenvalue weighted by molar-refractivity contribution is 5.80. The molecule has 2 aliphatic rings. The Balaban J connectivity index is 1.62. The van der Waals surface area contributed by atoms with E-state index in [2.05, 4.69) is 11.8 Å². The lowest BCUT2D eigenvalue weighted by Gasteiger charge is -2.43. The van der Waals surface area contributed by atoms with Gasteiger partial charge >= 0.3 is 5.97 Å². The molecule has 0 radical (unpaired) electrons. The Hall–Kier alpha value is -1.92. The number of aliphatic hydroxyl groups excluding tert-OH is 1. The third-order valence-electron chi connectivity index (χ3n) is 6.24. The van der Waals surface area contributed by atoms with Crippen LogP contribution in [0.4, 0.5) is 0 Å². The molecule has 1 aromatic rings. The van der Waals surface area contributed by atoms with Crippen molar-refractivity contribution in [3.63, 3.8) is 0 Å². The number of aliphatic hydroxyl groups is 1. The van der Waals surface area contributed by atoms with Crippen LogP contribution in [0.2, 0.25) is 0 Å². The van der Waals surface area contributed by atoms with E-state index in [1.165, 1.54) is 0 Å². The van der Waals surface area contributed by atoms with E-state index >= 15 is 0 Å². The first-order chi connectivity index (χ1) is 12.9. The Bertz CT molecular complexity index is 657. The molecule has 0 bridgehead atoms. The van der Waals surface area contributed by atoms with Crippen molar-refractivity contribution in [3.8, 4) is 0 Å². The largest absolute Gasteiger partial charge is 0.481 e. The number of rotatable bonds is 5. The third-order valence-corrected chi connectivity index (χ3v) is 6.24. The molecule has 2 fully saturated rings. The number of carbonyl (C=O) groups excluding carboxylic acids is 1. The molecule has 2 heterocycles. The number of benzene rings is 1. The molecule has 0 aliphatic carbocycles. The Morgan fingerprint density at radius 2 is 1.81 bits per heavy atom. The summed E-state index contributed by atoms with van der Waals surface area (Å²) in [6.45, 7) is 4.91. The molecule has 2 N–H and O–H groups in total. The molecule has 27 heavy (non-hydrogen) atoms. The summed E-state index contributed by atoms with van der Waals surface area (Å²) < 4.78 is 0. The SMILES string of the molecule is CC1CCN(CC(=O)N2CC[C@](Cc3ccccc3)(C(=O)O)[C@@H](O)C2)CC1. The van der Waals surface area contributed by atoms with Gasteiger partial charge in [-0.25, -0.2) is 0 Å². The summed E-state index contributed by atoms with van der Waals surface area (Å²) in [6.07, 6.45) is 1.68. The first kappa shape index (κ1) is 19.8. The molecule has 1 aromatic carbocycles. The minimum atomic E-state index is -1.24. The number of carboxylic acids is 1. The van der Waals surface area contributed by atoms with Gasteiger partial charge in [-0.3, -0.25) is 14.5 Å². The van der Waals surface area contributed by atoms with Crippen LogP contribution >= 0.6 is 0 Å². The number of aliphatic carboxylic acids is 1. The van der Waals surface area contributed by atoms with Gasteiger partial charge in [0, 0.05) is 13.1 Å². The third kappa shape index (κ3) is 4.50. The maximum Gasteiger partial charge on any atom is 0.312 e. The van der Waals surface area contributed by atoms with Crippen molar-refractivity contribution in [3.05, 3.63) is 35.9 Å². The fraction of sp³-hybridized carbons (Fsp3) is 0.619. The normalized spacial score (nSPS) is 27.5. The highest BCUT2D eigenvalue weighted by atomic mass is 16.4. The Kier molecular flexibility index (Phi) is 6.17. The molecular weight excluding hydrogens is 344 g/mol. The second-order valence-corrected chi connectivity index (χ2v) is 8.19. The summed E-state index contributed by atoms with van der Waals surface area (Å²) >= 11 is 0. The number of carbonyl (C=O) groups is 2. The van der Waals surface area contributed by atoms with E-state index in [1.54, 1.807) is 4.90 Å². The molecule has 1 amide bonds. The van der Waals surface area contributed by atoms with E-state index in [0.29, 0.717) is 19.0 Å². The van der Waals surface area contributed by atoms with Gasteiger partial charge in [0.25, 0.3) is 0 Å². The van der Waals surface area contributed by atoms with Crippen molar-refractivity contribution in [2.75, 3.05) is 32.7 Å². The summed E-state index contributed by atoms with van der Waals surface area (Å²) in [6, 6.07) is 9.39. The van der Waals surface area contributed by atoms with Crippen molar-refractivity contribution >= 4 is 11.9 Å². The highest BCUT2D eigenvalue weighted by Crippen LogP contribution is 2.36. The van der Waals surface area contributed by atoms with Crippen LogP contribution in [-0.2, 0) is 16.0 Å². The maximum atomic E-state index is 12.7. The average Bonchev–Trinajstić information content (AvgIpc) is 2.66. The van der Waals surface area contributed by atoms with Gasteiger partial charge in [-0.15, -0.1) is 0 Å². The molecule has 0 spiro atoms. The fourth-order valence-corrected chi connectivity index (χ4v) is 4.21. The lowest BCUT2D eigenvalue weighted by Crippen LogP contribution is -2.58. The lowest BCUT2D eigenvalue weighted by molar-refractivity contribution is -0.166. The van der Waals surface area contributed by atoms with Gasteiger partial charge < -0.3 is 15.1 Å². The number of amides is 1. The summed E-state index contributed by atoms with van der Waals surface area (Å²) in [5.41, 5.74) is -0.347.